The summed E-state index contributed by atoms with van der Waals surface area (Å²) in [5.74, 6) is 0. The summed E-state index contributed by atoms with van der Waals surface area (Å²) in [4.78, 5) is 11.7. The van der Waals surface area contributed by atoms with Crippen LogP contribution in [-0.4, -0.2) is 25.3 Å². The van der Waals surface area contributed by atoms with Gasteiger partial charge in [0.2, 0.25) is 0 Å². The van der Waals surface area contributed by atoms with Crippen LogP contribution in [-0.2, 0) is 4.74 Å². The molecule has 116 valence electrons. The Labute approximate surface area is 135 Å². The largest absolute Gasteiger partial charge is 0.378 e. The van der Waals surface area contributed by atoms with Gasteiger partial charge in [-0.25, -0.2) is 4.79 Å². The summed E-state index contributed by atoms with van der Waals surface area (Å²) in [5, 5.41) is 6.37. The van der Waals surface area contributed by atoms with Gasteiger partial charge in [-0.2, -0.15) is 0 Å². The molecule has 0 unspecified atom stereocenters. The van der Waals surface area contributed by atoms with Crippen LogP contribution in [0.4, 0.5) is 10.5 Å². The van der Waals surface area contributed by atoms with Gasteiger partial charge in [-0.15, -0.1) is 0 Å². The normalized spacial score (nSPS) is 15.1. The molecule has 1 aliphatic rings. The first-order chi connectivity index (χ1) is 10.1. The number of halogens is 2. The molecule has 4 nitrogen and oxygen atoms in total. The van der Waals surface area contributed by atoms with Crippen LogP contribution in [0.15, 0.2) is 18.2 Å². The number of urea groups is 1. The summed E-state index contributed by atoms with van der Waals surface area (Å²) >= 11 is 11.7. The third kappa shape index (κ3) is 5.73. The van der Waals surface area contributed by atoms with Gasteiger partial charge in [0.15, 0.2) is 0 Å². The van der Waals surface area contributed by atoms with Gasteiger partial charge in [0.1, 0.15) is 0 Å². The molecule has 0 atom stereocenters. The second-order valence-electron chi connectivity index (χ2n) is 5.14. The van der Waals surface area contributed by atoms with Gasteiger partial charge in [-0.1, -0.05) is 36.0 Å². The van der Waals surface area contributed by atoms with Crippen LogP contribution in [0.25, 0.3) is 0 Å². The van der Waals surface area contributed by atoms with Gasteiger partial charge < -0.3 is 15.4 Å². The molecule has 1 saturated carbocycles. The summed E-state index contributed by atoms with van der Waals surface area (Å²) in [6.45, 7) is 1.28. The maximum Gasteiger partial charge on any atom is 0.319 e. The standard InChI is InChI=1S/C15H20Cl2N2O2/c16-13-7-6-11(10-14(13)17)19-15(20)18-8-3-9-21-12-4-1-2-5-12/h6-7,10,12H,1-5,8-9H2,(H2,18,19,20). The molecule has 1 fully saturated rings. The van der Waals surface area contributed by atoms with Crippen LogP contribution in [0.2, 0.25) is 10.0 Å². The minimum atomic E-state index is -0.255. The van der Waals surface area contributed by atoms with Crippen molar-refractivity contribution >= 4 is 34.9 Å². The van der Waals surface area contributed by atoms with E-state index in [1.807, 2.05) is 0 Å². The smallest absolute Gasteiger partial charge is 0.319 e. The SMILES string of the molecule is O=C(NCCCOC1CCCC1)Nc1ccc(Cl)c(Cl)c1. The quantitative estimate of drug-likeness (QED) is 0.756. The van der Waals surface area contributed by atoms with E-state index < -0.39 is 0 Å². The zero-order valence-electron chi connectivity index (χ0n) is 11.8. The van der Waals surface area contributed by atoms with Crippen LogP contribution >= 0.6 is 23.2 Å². The molecule has 0 aliphatic heterocycles. The minimum absolute atomic E-state index is 0.255. The highest BCUT2D eigenvalue weighted by atomic mass is 35.5. The lowest BCUT2D eigenvalue weighted by atomic mass is 10.3. The van der Waals surface area contributed by atoms with Crippen molar-refractivity contribution in [1.29, 1.82) is 0 Å². The number of nitrogens with one attached hydrogen (secondary N) is 2. The molecular formula is C15H20Cl2N2O2. The molecule has 2 amide bonds. The Kier molecular flexibility index (Phi) is 6.61. The molecule has 1 aliphatic carbocycles. The van der Waals surface area contributed by atoms with E-state index in [9.17, 15) is 4.79 Å². The lowest BCUT2D eigenvalue weighted by molar-refractivity contribution is 0.0572. The highest BCUT2D eigenvalue weighted by molar-refractivity contribution is 6.42. The van der Waals surface area contributed by atoms with Gasteiger partial charge in [0, 0.05) is 18.8 Å². The Morgan fingerprint density at radius 2 is 2.00 bits per heavy atom. The van der Waals surface area contributed by atoms with Crippen LogP contribution in [0.3, 0.4) is 0 Å². The van der Waals surface area contributed by atoms with E-state index in [2.05, 4.69) is 10.6 Å². The Morgan fingerprint density at radius 3 is 2.71 bits per heavy atom. The zero-order chi connectivity index (χ0) is 15.1. The summed E-state index contributed by atoms with van der Waals surface area (Å²) in [7, 11) is 0. The lowest BCUT2D eigenvalue weighted by Crippen LogP contribution is -2.30. The third-order valence-electron chi connectivity index (χ3n) is 3.44. The van der Waals surface area contributed by atoms with E-state index in [-0.39, 0.29) is 6.03 Å². The fraction of sp³-hybridized carbons (Fsp3) is 0.533. The number of anilines is 1. The van der Waals surface area contributed by atoms with E-state index in [0.29, 0.717) is 35.0 Å². The fourth-order valence-electron chi connectivity index (χ4n) is 2.33. The van der Waals surface area contributed by atoms with Crippen molar-refractivity contribution in [2.45, 2.75) is 38.2 Å². The van der Waals surface area contributed by atoms with Gasteiger partial charge in [-0.05, 0) is 37.5 Å². The van der Waals surface area contributed by atoms with Crippen molar-refractivity contribution in [3.05, 3.63) is 28.2 Å². The van der Waals surface area contributed by atoms with Crippen LogP contribution in [0.5, 0.6) is 0 Å². The molecule has 2 N–H and O–H groups in total. The Morgan fingerprint density at radius 1 is 1.24 bits per heavy atom. The first kappa shape index (κ1) is 16.4. The number of ether oxygens (including phenoxy) is 1. The number of amides is 2. The maximum atomic E-state index is 11.7. The Hall–Kier alpha value is -0.970. The number of benzene rings is 1. The van der Waals surface area contributed by atoms with Gasteiger partial charge >= 0.3 is 6.03 Å². The Bertz CT molecular complexity index is 477. The second kappa shape index (κ2) is 8.47. The average molecular weight is 331 g/mol. The molecule has 6 heteroatoms. The molecular weight excluding hydrogens is 311 g/mol. The van der Waals surface area contributed by atoms with E-state index in [4.69, 9.17) is 27.9 Å². The number of rotatable bonds is 6. The monoisotopic (exact) mass is 330 g/mol. The van der Waals surface area contributed by atoms with Crippen molar-refractivity contribution in [3.8, 4) is 0 Å². The number of carbonyl (C=O) groups excluding carboxylic acids is 1. The van der Waals surface area contributed by atoms with Crippen LogP contribution in [0.1, 0.15) is 32.1 Å². The van der Waals surface area contributed by atoms with Crippen LogP contribution in [0, 0.1) is 0 Å². The third-order valence-corrected chi connectivity index (χ3v) is 4.18. The van der Waals surface area contributed by atoms with Crippen molar-refractivity contribution in [3.63, 3.8) is 0 Å². The van der Waals surface area contributed by atoms with E-state index in [1.54, 1.807) is 18.2 Å². The molecule has 0 bridgehead atoms. The molecule has 2 rings (SSSR count). The van der Waals surface area contributed by atoms with Crippen molar-refractivity contribution in [2.75, 3.05) is 18.5 Å². The topological polar surface area (TPSA) is 50.4 Å². The van der Waals surface area contributed by atoms with Gasteiger partial charge in [0.25, 0.3) is 0 Å². The molecule has 0 heterocycles. The number of hydrogen-bond acceptors (Lipinski definition) is 2. The highest BCUT2D eigenvalue weighted by Gasteiger charge is 2.14. The van der Waals surface area contributed by atoms with Crippen molar-refractivity contribution in [1.82, 2.24) is 5.32 Å². The van der Waals surface area contributed by atoms with Crippen LogP contribution < -0.4 is 10.6 Å². The Balaban J connectivity index is 1.59. The number of carbonyl (C=O) groups is 1. The summed E-state index contributed by atoms with van der Waals surface area (Å²) in [6.07, 6.45) is 6.13. The number of hydrogen-bond donors (Lipinski definition) is 2. The van der Waals surface area contributed by atoms with E-state index in [1.165, 1.54) is 25.7 Å². The molecule has 0 radical (unpaired) electrons. The van der Waals surface area contributed by atoms with Gasteiger partial charge in [-0.3, -0.25) is 0 Å². The molecule has 0 spiro atoms. The lowest BCUT2D eigenvalue weighted by Gasteiger charge is -2.11. The minimum Gasteiger partial charge on any atom is -0.378 e. The predicted molar refractivity (Wildman–Crippen MR) is 86.3 cm³/mol. The highest BCUT2D eigenvalue weighted by Crippen LogP contribution is 2.24. The fourth-order valence-corrected chi connectivity index (χ4v) is 2.63. The predicted octanol–water partition coefficient (Wildman–Crippen LogP) is 4.46. The maximum absolute atomic E-state index is 11.7. The second-order valence-corrected chi connectivity index (χ2v) is 5.95. The van der Waals surface area contributed by atoms with E-state index >= 15 is 0 Å². The molecule has 1 aromatic carbocycles. The summed E-state index contributed by atoms with van der Waals surface area (Å²) < 4.78 is 5.73. The molecule has 0 saturated heterocycles. The first-order valence-corrected chi connectivity index (χ1v) is 8.02. The summed E-state index contributed by atoms with van der Waals surface area (Å²) in [5.41, 5.74) is 0.615. The van der Waals surface area contributed by atoms with Gasteiger partial charge in [0.05, 0.1) is 16.1 Å². The molecule has 21 heavy (non-hydrogen) atoms. The molecule has 1 aromatic rings. The van der Waals surface area contributed by atoms with Crippen molar-refractivity contribution in [2.24, 2.45) is 0 Å². The summed E-state index contributed by atoms with van der Waals surface area (Å²) in [6, 6.07) is 4.72. The zero-order valence-corrected chi connectivity index (χ0v) is 13.3. The van der Waals surface area contributed by atoms with E-state index in [0.717, 1.165) is 6.42 Å². The van der Waals surface area contributed by atoms with Crippen molar-refractivity contribution < 1.29 is 9.53 Å². The average Bonchev–Trinajstić information content (AvgIpc) is 2.96. The first-order valence-electron chi connectivity index (χ1n) is 7.26. The molecule has 0 aromatic heterocycles.